The summed E-state index contributed by atoms with van der Waals surface area (Å²) in [7, 11) is 1.51. The molecule has 0 saturated carbocycles. The van der Waals surface area contributed by atoms with Crippen molar-refractivity contribution in [3.8, 4) is 5.75 Å². The smallest absolute Gasteiger partial charge is 0.407 e. The quantitative estimate of drug-likeness (QED) is 0.156. The lowest BCUT2D eigenvalue weighted by Gasteiger charge is -2.32. The second-order valence-corrected chi connectivity index (χ2v) is 10.9. The summed E-state index contributed by atoms with van der Waals surface area (Å²) in [4.78, 5) is 26.1. The first kappa shape index (κ1) is 32.9. The molecule has 1 aliphatic rings. The van der Waals surface area contributed by atoms with Crippen molar-refractivity contribution in [1.82, 2.24) is 10.6 Å². The van der Waals surface area contributed by atoms with Crippen LogP contribution in [0.2, 0.25) is 0 Å². The number of amides is 2. The summed E-state index contributed by atoms with van der Waals surface area (Å²) in [5, 5.41) is 37.3. The van der Waals surface area contributed by atoms with Gasteiger partial charge in [-0.1, -0.05) is 66.7 Å². The highest BCUT2D eigenvalue weighted by Gasteiger charge is 2.34. The third kappa shape index (κ3) is 9.27. The molecule has 0 fully saturated rings. The molecule has 10 nitrogen and oxygen atoms in total. The molecule has 0 aromatic heterocycles. The monoisotopic (exact) mass is 606 g/mol. The number of alkyl carbamates (subject to hydrolysis) is 1. The maximum absolute atomic E-state index is 13.3. The van der Waals surface area contributed by atoms with Crippen LogP contribution < -0.4 is 15.4 Å². The second-order valence-electron chi connectivity index (χ2n) is 10.9. The van der Waals surface area contributed by atoms with Crippen LogP contribution >= 0.6 is 0 Å². The molecular weight excluding hydrogens is 564 g/mol. The lowest BCUT2D eigenvalue weighted by molar-refractivity contribution is -0.123. The van der Waals surface area contributed by atoms with Crippen molar-refractivity contribution in [1.29, 1.82) is 0 Å². The van der Waals surface area contributed by atoms with Gasteiger partial charge in [0.05, 0.1) is 31.5 Å². The Hall–Kier alpha value is -3.96. The normalized spacial score (nSPS) is 17.6. The molecule has 0 spiro atoms. The van der Waals surface area contributed by atoms with Crippen LogP contribution in [0.5, 0.6) is 5.75 Å². The van der Waals surface area contributed by atoms with Crippen LogP contribution in [0.25, 0.3) is 0 Å². The first-order valence-electron chi connectivity index (χ1n) is 14.9. The van der Waals surface area contributed by atoms with E-state index in [1.165, 1.54) is 7.11 Å². The summed E-state index contributed by atoms with van der Waals surface area (Å²) in [5.41, 5.74) is 3.43. The van der Waals surface area contributed by atoms with Crippen LogP contribution in [0.3, 0.4) is 0 Å². The molecule has 0 radical (unpaired) electrons. The van der Waals surface area contributed by atoms with Crippen molar-refractivity contribution in [2.24, 2.45) is 5.92 Å². The molecule has 5 atom stereocenters. The largest absolute Gasteiger partial charge is 0.491 e. The molecule has 3 aromatic carbocycles. The van der Waals surface area contributed by atoms with Crippen molar-refractivity contribution >= 4 is 12.0 Å². The maximum Gasteiger partial charge on any atom is 0.407 e. The van der Waals surface area contributed by atoms with E-state index in [0.717, 1.165) is 16.7 Å². The molecule has 5 N–H and O–H groups in total. The first-order chi connectivity index (χ1) is 21.4. The predicted molar refractivity (Wildman–Crippen MR) is 164 cm³/mol. The number of fused-ring (bicyclic) bond motifs is 1. The number of aliphatic hydroxyl groups excluding tert-OH is 3. The fourth-order valence-electron chi connectivity index (χ4n) is 5.63. The van der Waals surface area contributed by atoms with Gasteiger partial charge in [0.1, 0.15) is 19.0 Å². The molecule has 10 heteroatoms. The Balaban J connectivity index is 1.55. The second kappa shape index (κ2) is 16.8. The van der Waals surface area contributed by atoms with Gasteiger partial charge in [-0.15, -0.1) is 0 Å². The molecule has 1 aliphatic carbocycles. The minimum Gasteiger partial charge on any atom is -0.491 e. The zero-order valence-corrected chi connectivity index (χ0v) is 24.9. The summed E-state index contributed by atoms with van der Waals surface area (Å²) in [6, 6.07) is 23.0. The van der Waals surface area contributed by atoms with Gasteiger partial charge < -0.3 is 40.2 Å². The zero-order chi connectivity index (χ0) is 31.3. The Morgan fingerprint density at radius 2 is 1.68 bits per heavy atom. The van der Waals surface area contributed by atoms with Gasteiger partial charge in [-0.05, 0) is 47.2 Å². The number of hydrogen-bond donors (Lipinski definition) is 5. The SMILES string of the molecule is COCCOC(=O)N[C@@H](Cc1ccccc1)[C@H](CCC(=O)N[C@H]1c2ccccc2C[C@H]1O)C(O)c1ccc(OCCO)cc1. The van der Waals surface area contributed by atoms with Crippen LogP contribution in [0, 0.1) is 5.92 Å². The Kier molecular flexibility index (Phi) is 12.6. The van der Waals surface area contributed by atoms with Crippen molar-refractivity contribution in [2.75, 3.05) is 33.5 Å². The van der Waals surface area contributed by atoms with E-state index in [4.69, 9.17) is 19.3 Å². The number of methoxy groups -OCH3 is 1. The molecule has 3 aromatic rings. The maximum atomic E-state index is 13.3. The van der Waals surface area contributed by atoms with Crippen LogP contribution in [-0.4, -0.2) is 73.0 Å². The molecule has 2 amide bonds. The average Bonchev–Trinajstić information content (AvgIpc) is 3.35. The average molecular weight is 607 g/mol. The Bertz CT molecular complexity index is 1320. The van der Waals surface area contributed by atoms with Crippen molar-refractivity contribution < 1.29 is 39.1 Å². The van der Waals surface area contributed by atoms with E-state index in [9.17, 15) is 19.8 Å². The highest BCUT2D eigenvalue weighted by atomic mass is 16.6. The van der Waals surface area contributed by atoms with Crippen LogP contribution in [0.1, 0.15) is 47.2 Å². The highest BCUT2D eigenvalue weighted by molar-refractivity contribution is 5.77. The summed E-state index contributed by atoms with van der Waals surface area (Å²) in [6.45, 7) is 0.333. The van der Waals surface area contributed by atoms with Gasteiger partial charge in [-0.25, -0.2) is 4.79 Å². The van der Waals surface area contributed by atoms with Crippen LogP contribution in [0.15, 0.2) is 78.9 Å². The molecule has 0 aliphatic heterocycles. The number of hydrogen-bond acceptors (Lipinski definition) is 8. The summed E-state index contributed by atoms with van der Waals surface area (Å²) < 4.78 is 15.7. The van der Waals surface area contributed by atoms with E-state index in [-0.39, 0.29) is 45.2 Å². The van der Waals surface area contributed by atoms with Gasteiger partial charge in [-0.2, -0.15) is 0 Å². The summed E-state index contributed by atoms with van der Waals surface area (Å²) >= 11 is 0. The number of carbonyl (C=O) groups excluding carboxylic acids is 2. The lowest BCUT2D eigenvalue weighted by Crippen LogP contribution is -2.45. The Morgan fingerprint density at radius 3 is 2.41 bits per heavy atom. The van der Waals surface area contributed by atoms with E-state index >= 15 is 0 Å². The summed E-state index contributed by atoms with van der Waals surface area (Å²) in [6.07, 6.45) is -1.29. The minimum atomic E-state index is -1.06. The van der Waals surface area contributed by atoms with Gasteiger partial charge in [0.2, 0.25) is 5.91 Å². The number of aliphatic hydroxyl groups is 3. The standard InChI is InChI=1S/C34H42N2O8/c1-42-19-20-44-34(41)35-29(21-23-7-3-2-4-8-23)28(33(40)24-11-13-26(14-12-24)43-18-17-37)15-16-31(39)36-32-27-10-6-5-9-25(27)22-30(32)38/h2-14,28-30,32-33,37-38,40H,15-22H2,1H3,(H,35,41)(H,36,39)/t28-,29-,30+,32-,33?/m0/s1. The van der Waals surface area contributed by atoms with Crippen molar-refractivity contribution in [3.05, 3.63) is 101 Å². The van der Waals surface area contributed by atoms with Gasteiger partial charge in [0.15, 0.2) is 0 Å². The lowest BCUT2D eigenvalue weighted by atomic mass is 9.82. The number of rotatable bonds is 16. The fraction of sp³-hybridized carbons (Fsp3) is 0.412. The van der Waals surface area contributed by atoms with Gasteiger partial charge >= 0.3 is 6.09 Å². The molecule has 4 rings (SSSR count). The molecule has 44 heavy (non-hydrogen) atoms. The van der Waals surface area contributed by atoms with Crippen molar-refractivity contribution in [3.63, 3.8) is 0 Å². The number of ether oxygens (including phenoxy) is 3. The number of nitrogens with one attached hydrogen (secondary N) is 2. The van der Waals surface area contributed by atoms with E-state index in [1.807, 2.05) is 54.6 Å². The molecular formula is C34H42N2O8. The van der Waals surface area contributed by atoms with Gasteiger partial charge in [-0.3, -0.25) is 4.79 Å². The Labute approximate surface area is 258 Å². The predicted octanol–water partition coefficient (Wildman–Crippen LogP) is 3.25. The first-order valence-corrected chi connectivity index (χ1v) is 14.9. The molecule has 0 saturated heterocycles. The van der Waals surface area contributed by atoms with Gasteiger partial charge in [0.25, 0.3) is 0 Å². The third-order valence-corrected chi connectivity index (χ3v) is 7.85. The topological polar surface area (TPSA) is 147 Å². The Morgan fingerprint density at radius 1 is 0.955 bits per heavy atom. The van der Waals surface area contributed by atoms with E-state index in [0.29, 0.717) is 24.2 Å². The van der Waals surface area contributed by atoms with Crippen LogP contribution in [0.4, 0.5) is 4.79 Å². The fourth-order valence-corrected chi connectivity index (χ4v) is 5.63. The minimum absolute atomic E-state index is 0.0521. The number of benzene rings is 3. The molecule has 1 unspecified atom stereocenters. The van der Waals surface area contributed by atoms with E-state index in [2.05, 4.69) is 10.6 Å². The molecule has 0 heterocycles. The van der Waals surface area contributed by atoms with E-state index in [1.54, 1.807) is 24.3 Å². The highest BCUT2D eigenvalue weighted by Crippen LogP contribution is 2.33. The zero-order valence-electron chi connectivity index (χ0n) is 24.9. The van der Waals surface area contributed by atoms with Crippen molar-refractivity contribution in [2.45, 2.75) is 50.0 Å². The van der Waals surface area contributed by atoms with Gasteiger partial charge in [0, 0.05) is 31.9 Å². The number of carbonyl (C=O) groups is 2. The molecule has 236 valence electrons. The molecule has 0 bridgehead atoms. The van der Waals surface area contributed by atoms with E-state index < -0.39 is 36.3 Å². The summed E-state index contributed by atoms with van der Waals surface area (Å²) in [5.74, 6) is -0.320. The van der Waals surface area contributed by atoms with Crippen LogP contribution in [-0.2, 0) is 27.1 Å². The third-order valence-electron chi connectivity index (χ3n) is 7.85.